The number of piperidine rings is 1. The van der Waals surface area contributed by atoms with E-state index >= 15 is 0 Å². The highest BCUT2D eigenvalue weighted by molar-refractivity contribution is 5.97. The smallest absolute Gasteiger partial charge is 0.161 e. The Hall–Kier alpha value is -2.82. The van der Waals surface area contributed by atoms with E-state index < -0.39 is 0 Å². The Kier molecular flexibility index (Phi) is 4.84. The van der Waals surface area contributed by atoms with Crippen LogP contribution in [0.4, 0.5) is 23.0 Å². The van der Waals surface area contributed by atoms with E-state index in [0.717, 1.165) is 30.4 Å². The van der Waals surface area contributed by atoms with Crippen molar-refractivity contribution in [3.8, 4) is 0 Å². The average molecular weight is 361 g/mol. The number of nitrogen functional groups attached to an aromatic ring is 1. The summed E-state index contributed by atoms with van der Waals surface area (Å²) >= 11 is 0. The molecule has 0 radical (unpaired) electrons. The first-order valence-electron chi connectivity index (χ1n) is 9.83. The summed E-state index contributed by atoms with van der Waals surface area (Å²) in [6, 6.07) is 15.2. The van der Waals surface area contributed by atoms with Crippen molar-refractivity contribution in [2.45, 2.75) is 39.2 Å². The highest BCUT2D eigenvalue weighted by Gasteiger charge is 2.25. The fraction of sp³-hybridized carbons (Fsp3) is 0.364. The third-order valence-corrected chi connectivity index (χ3v) is 5.55. The van der Waals surface area contributed by atoms with E-state index in [0.29, 0.717) is 11.7 Å². The molecule has 1 saturated heterocycles. The first-order chi connectivity index (χ1) is 13.2. The van der Waals surface area contributed by atoms with Gasteiger partial charge in [-0.3, -0.25) is 0 Å². The third kappa shape index (κ3) is 3.18. The Bertz CT molecular complexity index is 934. The summed E-state index contributed by atoms with van der Waals surface area (Å²) < 4.78 is 0. The minimum atomic E-state index is 0.455. The average Bonchev–Trinajstić information content (AvgIpc) is 2.71. The van der Waals surface area contributed by atoms with Gasteiger partial charge in [-0.1, -0.05) is 36.4 Å². The van der Waals surface area contributed by atoms with Gasteiger partial charge in [0.05, 0.1) is 5.69 Å². The lowest BCUT2D eigenvalue weighted by molar-refractivity contribution is 0.481. The van der Waals surface area contributed by atoms with Crippen molar-refractivity contribution < 1.29 is 0 Å². The molecule has 3 aromatic rings. The SMILES string of the molecule is CCN(c1ncnc(N2CCCCC2C)c1N)c1cccc2ccccc12. The molecule has 0 spiro atoms. The Morgan fingerprint density at radius 1 is 1.11 bits per heavy atom. The molecule has 5 heteroatoms. The molecule has 4 rings (SSSR count). The molecule has 1 aliphatic heterocycles. The first kappa shape index (κ1) is 17.6. The number of nitrogens with two attached hydrogens (primary N) is 1. The van der Waals surface area contributed by atoms with Crippen LogP contribution in [0.5, 0.6) is 0 Å². The van der Waals surface area contributed by atoms with Crippen molar-refractivity contribution >= 4 is 33.8 Å². The maximum absolute atomic E-state index is 6.63. The molecule has 27 heavy (non-hydrogen) atoms. The number of hydrogen-bond acceptors (Lipinski definition) is 5. The van der Waals surface area contributed by atoms with Crippen LogP contribution in [0.1, 0.15) is 33.1 Å². The van der Waals surface area contributed by atoms with E-state index in [1.54, 1.807) is 6.33 Å². The number of aromatic nitrogens is 2. The Balaban J connectivity index is 1.80. The number of fused-ring (bicyclic) bond motifs is 1. The van der Waals surface area contributed by atoms with Crippen molar-refractivity contribution in [2.24, 2.45) is 0 Å². The van der Waals surface area contributed by atoms with Crippen LogP contribution in [-0.2, 0) is 0 Å². The molecule has 1 aromatic heterocycles. The fourth-order valence-corrected chi connectivity index (χ4v) is 4.11. The van der Waals surface area contributed by atoms with Gasteiger partial charge in [0.15, 0.2) is 11.6 Å². The van der Waals surface area contributed by atoms with Gasteiger partial charge in [-0.05, 0) is 44.6 Å². The van der Waals surface area contributed by atoms with Crippen molar-refractivity contribution in [3.05, 3.63) is 48.8 Å². The van der Waals surface area contributed by atoms with Crippen molar-refractivity contribution in [1.82, 2.24) is 9.97 Å². The summed E-state index contributed by atoms with van der Waals surface area (Å²) in [5.41, 5.74) is 8.42. The highest BCUT2D eigenvalue weighted by atomic mass is 15.3. The number of nitrogens with zero attached hydrogens (tertiary/aromatic N) is 4. The molecule has 2 heterocycles. The summed E-state index contributed by atoms with van der Waals surface area (Å²) in [5, 5.41) is 2.42. The van der Waals surface area contributed by atoms with Crippen LogP contribution in [0.25, 0.3) is 10.8 Å². The van der Waals surface area contributed by atoms with E-state index in [1.807, 2.05) is 0 Å². The van der Waals surface area contributed by atoms with E-state index in [-0.39, 0.29) is 0 Å². The van der Waals surface area contributed by atoms with Crippen LogP contribution < -0.4 is 15.5 Å². The van der Waals surface area contributed by atoms with Crippen LogP contribution in [0.15, 0.2) is 48.8 Å². The molecule has 1 aliphatic rings. The van der Waals surface area contributed by atoms with Crippen LogP contribution >= 0.6 is 0 Å². The van der Waals surface area contributed by atoms with E-state index in [1.165, 1.54) is 30.0 Å². The number of benzene rings is 2. The van der Waals surface area contributed by atoms with Crippen LogP contribution in [0, 0.1) is 0 Å². The molecule has 0 saturated carbocycles. The predicted molar refractivity (Wildman–Crippen MR) is 114 cm³/mol. The second-order valence-electron chi connectivity index (χ2n) is 7.22. The summed E-state index contributed by atoms with van der Waals surface area (Å²) in [4.78, 5) is 13.7. The lowest BCUT2D eigenvalue weighted by Gasteiger charge is -2.36. The maximum atomic E-state index is 6.63. The van der Waals surface area contributed by atoms with Crippen molar-refractivity contribution in [3.63, 3.8) is 0 Å². The summed E-state index contributed by atoms with van der Waals surface area (Å²) in [6.45, 7) is 6.17. The summed E-state index contributed by atoms with van der Waals surface area (Å²) in [7, 11) is 0. The molecule has 1 unspecified atom stereocenters. The van der Waals surface area contributed by atoms with Gasteiger partial charge >= 0.3 is 0 Å². The molecule has 2 N–H and O–H groups in total. The lowest BCUT2D eigenvalue weighted by Crippen LogP contribution is -2.38. The number of hydrogen-bond donors (Lipinski definition) is 1. The molecule has 2 aromatic carbocycles. The zero-order valence-electron chi connectivity index (χ0n) is 16.1. The fourth-order valence-electron chi connectivity index (χ4n) is 4.11. The van der Waals surface area contributed by atoms with Gasteiger partial charge in [-0.2, -0.15) is 0 Å². The van der Waals surface area contributed by atoms with Gasteiger partial charge in [0.1, 0.15) is 12.0 Å². The number of rotatable bonds is 4. The Labute approximate surface area is 160 Å². The van der Waals surface area contributed by atoms with Gasteiger partial charge in [0, 0.05) is 24.5 Å². The topological polar surface area (TPSA) is 58.3 Å². The van der Waals surface area contributed by atoms with E-state index in [4.69, 9.17) is 5.73 Å². The monoisotopic (exact) mass is 361 g/mol. The third-order valence-electron chi connectivity index (χ3n) is 5.55. The lowest BCUT2D eigenvalue weighted by atomic mass is 10.0. The predicted octanol–water partition coefficient (Wildman–Crippen LogP) is 4.75. The molecule has 0 amide bonds. The minimum absolute atomic E-state index is 0.455. The Morgan fingerprint density at radius 3 is 2.74 bits per heavy atom. The van der Waals surface area contributed by atoms with Crippen LogP contribution in [0.2, 0.25) is 0 Å². The van der Waals surface area contributed by atoms with E-state index in [2.05, 4.69) is 76.1 Å². The quantitative estimate of drug-likeness (QED) is 0.727. The molecular formula is C22H27N5. The van der Waals surface area contributed by atoms with Gasteiger partial charge in [-0.15, -0.1) is 0 Å². The van der Waals surface area contributed by atoms with Crippen LogP contribution in [-0.4, -0.2) is 29.1 Å². The summed E-state index contributed by atoms with van der Waals surface area (Å²) in [5.74, 6) is 1.66. The van der Waals surface area contributed by atoms with Crippen LogP contribution in [0.3, 0.4) is 0 Å². The second kappa shape index (κ2) is 7.43. The second-order valence-corrected chi connectivity index (χ2v) is 7.22. The first-order valence-corrected chi connectivity index (χ1v) is 9.83. The zero-order valence-corrected chi connectivity index (χ0v) is 16.1. The molecule has 1 fully saturated rings. The molecule has 1 atom stereocenters. The molecule has 5 nitrogen and oxygen atoms in total. The summed E-state index contributed by atoms with van der Waals surface area (Å²) in [6.07, 6.45) is 5.28. The number of anilines is 4. The zero-order chi connectivity index (χ0) is 18.8. The molecule has 140 valence electrons. The Morgan fingerprint density at radius 2 is 1.93 bits per heavy atom. The highest BCUT2D eigenvalue weighted by Crippen LogP contribution is 2.37. The molecular weight excluding hydrogens is 334 g/mol. The van der Waals surface area contributed by atoms with Gasteiger partial charge in [0.2, 0.25) is 0 Å². The van der Waals surface area contributed by atoms with Crippen molar-refractivity contribution in [2.75, 3.05) is 28.6 Å². The van der Waals surface area contributed by atoms with Crippen molar-refractivity contribution in [1.29, 1.82) is 0 Å². The normalized spacial score (nSPS) is 17.3. The van der Waals surface area contributed by atoms with Gasteiger partial charge in [0.25, 0.3) is 0 Å². The van der Waals surface area contributed by atoms with Gasteiger partial charge < -0.3 is 15.5 Å². The van der Waals surface area contributed by atoms with Gasteiger partial charge in [-0.25, -0.2) is 9.97 Å². The largest absolute Gasteiger partial charge is 0.393 e. The molecule has 0 aliphatic carbocycles. The standard InChI is InChI=1S/C22H27N5/c1-3-26(19-13-8-11-17-10-4-5-12-18(17)19)21-20(23)22(25-15-24-21)27-14-7-6-9-16(27)2/h4-5,8,10-13,15-16H,3,6-7,9,14,23H2,1-2H3. The molecule has 0 bridgehead atoms. The van der Waals surface area contributed by atoms with E-state index in [9.17, 15) is 0 Å². The maximum Gasteiger partial charge on any atom is 0.161 e. The minimum Gasteiger partial charge on any atom is -0.393 e.